The lowest BCUT2D eigenvalue weighted by atomic mass is 10.2. The van der Waals surface area contributed by atoms with E-state index >= 15 is 0 Å². The van der Waals surface area contributed by atoms with Crippen molar-refractivity contribution < 1.29 is 17.5 Å². The van der Waals surface area contributed by atoms with Crippen LogP contribution in [0.5, 0.6) is 0 Å². The van der Waals surface area contributed by atoms with Crippen molar-refractivity contribution in [3.05, 3.63) is 35.9 Å². The maximum atomic E-state index is 10.2. The standard InChI is InChI=1S/C7H8O3S.C4H12N/c8-11(9,10)6-7-4-2-1-3-5-7;1-5(2,3)4/h1-5H,6H2,(H,8,9,10);1-4H3/q;+1/p-1. The summed E-state index contributed by atoms with van der Waals surface area (Å²) < 4.78 is 31.7. The van der Waals surface area contributed by atoms with Gasteiger partial charge in [-0.3, -0.25) is 0 Å². The van der Waals surface area contributed by atoms with E-state index in [1.54, 1.807) is 30.3 Å². The normalized spacial score (nSPS) is 11.6. The minimum absolute atomic E-state index is 0.423. The van der Waals surface area contributed by atoms with Crippen molar-refractivity contribution in [1.82, 2.24) is 0 Å². The third-order valence-electron chi connectivity index (χ3n) is 1.19. The Bertz CT molecular complexity index is 387. The molecule has 0 N–H and O–H groups in total. The first-order chi connectivity index (χ1) is 7.08. The summed E-state index contributed by atoms with van der Waals surface area (Å²) in [6, 6.07) is 8.37. The van der Waals surface area contributed by atoms with Crippen LogP contribution in [0.4, 0.5) is 0 Å². The minimum Gasteiger partial charge on any atom is -0.748 e. The Hall–Kier alpha value is -0.910. The number of benzene rings is 1. The first kappa shape index (κ1) is 15.1. The van der Waals surface area contributed by atoms with Gasteiger partial charge in [0.1, 0.15) is 0 Å². The van der Waals surface area contributed by atoms with E-state index in [4.69, 9.17) is 0 Å². The molecule has 0 aromatic heterocycles. The zero-order chi connectivity index (χ0) is 12.8. The Morgan fingerprint density at radius 2 is 1.44 bits per heavy atom. The maximum absolute atomic E-state index is 10.2. The van der Waals surface area contributed by atoms with E-state index in [-0.39, 0.29) is 0 Å². The van der Waals surface area contributed by atoms with Crippen molar-refractivity contribution >= 4 is 10.1 Å². The fraction of sp³-hybridized carbons (Fsp3) is 0.455. The Balaban J connectivity index is 0.000000385. The topological polar surface area (TPSA) is 57.2 Å². The summed E-state index contributed by atoms with van der Waals surface area (Å²) in [6.45, 7) is 0. The molecule has 92 valence electrons. The minimum atomic E-state index is -4.13. The van der Waals surface area contributed by atoms with Crippen molar-refractivity contribution in [1.29, 1.82) is 0 Å². The summed E-state index contributed by atoms with van der Waals surface area (Å²) in [7, 11) is 4.37. The third-order valence-corrected chi connectivity index (χ3v) is 1.87. The number of hydrogen-bond acceptors (Lipinski definition) is 3. The van der Waals surface area contributed by atoms with Crippen LogP contribution in [0.25, 0.3) is 0 Å². The van der Waals surface area contributed by atoms with Gasteiger partial charge in [0.15, 0.2) is 0 Å². The van der Waals surface area contributed by atoms with Crippen LogP contribution in [0.2, 0.25) is 0 Å². The van der Waals surface area contributed by atoms with Crippen LogP contribution in [-0.4, -0.2) is 45.6 Å². The highest BCUT2D eigenvalue weighted by Crippen LogP contribution is 2.02. The molecule has 0 saturated heterocycles. The molecule has 0 aliphatic heterocycles. The second-order valence-electron chi connectivity index (χ2n) is 4.87. The zero-order valence-corrected chi connectivity index (χ0v) is 11.0. The first-order valence-corrected chi connectivity index (χ1v) is 6.42. The SMILES string of the molecule is C[N+](C)(C)C.O=S(=O)([O-])Cc1ccccc1. The molecule has 0 radical (unpaired) electrons. The van der Waals surface area contributed by atoms with E-state index in [2.05, 4.69) is 28.2 Å². The van der Waals surface area contributed by atoms with Crippen molar-refractivity contribution in [2.24, 2.45) is 0 Å². The molecule has 0 aliphatic rings. The molecule has 0 spiro atoms. The Morgan fingerprint density at radius 1 is 1.06 bits per heavy atom. The smallest absolute Gasteiger partial charge is 0.0988 e. The van der Waals surface area contributed by atoms with E-state index in [1.165, 1.54) is 0 Å². The number of rotatable bonds is 2. The average molecular weight is 245 g/mol. The van der Waals surface area contributed by atoms with Crippen molar-refractivity contribution in [2.75, 3.05) is 28.2 Å². The summed E-state index contributed by atoms with van der Waals surface area (Å²) in [5.41, 5.74) is 0.530. The molecule has 0 aliphatic carbocycles. The molecule has 0 atom stereocenters. The van der Waals surface area contributed by atoms with E-state index in [9.17, 15) is 13.0 Å². The van der Waals surface area contributed by atoms with Gasteiger partial charge in [0.2, 0.25) is 0 Å². The van der Waals surface area contributed by atoms with Crippen molar-refractivity contribution in [3.8, 4) is 0 Å². The largest absolute Gasteiger partial charge is 0.748 e. The predicted octanol–water partition coefficient (Wildman–Crippen LogP) is 1.05. The molecule has 1 rings (SSSR count). The molecule has 16 heavy (non-hydrogen) atoms. The van der Waals surface area contributed by atoms with Gasteiger partial charge in [-0.25, -0.2) is 8.42 Å². The highest BCUT2D eigenvalue weighted by atomic mass is 32.2. The van der Waals surface area contributed by atoms with Gasteiger partial charge < -0.3 is 9.04 Å². The summed E-state index contributed by atoms with van der Waals surface area (Å²) >= 11 is 0. The molecule has 0 heterocycles. The molecular weight excluding hydrogens is 226 g/mol. The maximum Gasteiger partial charge on any atom is 0.0988 e. The Kier molecular flexibility index (Phi) is 5.64. The first-order valence-electron chi connectivity index (χ1n) is 4.84. The lowest BCUT2D eigenvalue weighted by Gasteiger charge is -2.14. The van der Waals surface area contributed by atoms with Crippen LogP contribution in [0.1, 0.15) is 5.56 Å². The molecule has 0 saturated carbocycles. The van der Waals surface area contributed by atoms with Gasteiger partial charge in [0, 0.05) is 0 Å². The summed E-state index contributed by atoms with van der Waals surface area (Å²) in [4.78, 5) is 0. The van der Waals surface area contributed by atoms with Crippen molar-refractivity contribution in [3.63, 3.8) is 0 Å². The lowest BCUT2D eigenvalue weighted by molar-refractivity contribution is -0.849. The van der Waals surface area contributed by atoms with Gasteiger partial charge >= 0.3 is 0 Å². The van der Waals surface area contributed by atoms with Gasteiger partial charge in [-0.2, -0.15) is 0 Å². The van der Waals surface area contributed by atoms with E-state index < -0.39 is 15.9 Å². The lowest BCUT2D eigenvalue weighted by Crippen LogP contribution is -2.27. The monoisotopic (exact) mass is 245 g/mol. The quantitative estimate of drug-likeness (QED) is 0.578. The molecule has 5 heteroatoms. The zero-order valence-electron chi connectivity index (χ0n) is 10.2. The summed E-state index contributed by atoms with van der Waals surface area (Å²) in [6.07, 6.45) is 0. The van der Waals surface area contributed by atoms with Crippen LogP contribution in [0.3, 0.4) is 0 Å². The van der Waals surface area contributed by atoms with Gasteiger partial charge in [-0.15, -0.1) is 0 Å². The van der Waals surface area contributed by atoms with E-state index in [0.717, 1.165) is 4.48 Å². The molecule has 0 fully saturated rings. The molecule has 4 nitrogen and oxygen atoms in total. The molecule has 0 unspecified atom stereocenters. The molecule has 1 aromatic rings. The predicted molar refractivity (Wildman–Crippen MR) is 63.8 cm³/mol. The molecule has 0 bridgehead atoms. The average Bonchev–Trinajstić information content (AvgIpc) is 1.99. The van der Waals surface area contributed by atoms with Gasteiger partial charge in [0.25, 0.3) is 0 Å². The molecular formula is C11H19NO3S. The Morgan fingerprint density at radius 3 is 1.75 bits per heavy atom. The van der Waals surface area contributed by atoms with Gasteiger partial charge in [0.05, 0.1) is 44.1 Å². The van der Waals surface area contributed by atoms with Crippen LogP contribution in [0.15, 0.2) is 30.3 Å². The van der Waals surface area contributed by atoms with E-state index in [1.807, 2.05) is 0 Å². The third kappa shape index (κ3) is 13.1. The summed E-state index contributed by atoms with van der Waals surface area (Å²) in [5.74, 6) is -0.423. The fourth-order valence-corrected chi connectivity index (χ4v) is 1.38. The highest BCUT2D eigenvalue weighted by molar-refractivity contribution is 7.84. The van der Waals surface area contributed by atoms with Crippen molar-refractivity contribution in [2.45, 2.75) is 5.75 Å². The number of hydrogen-bond donors (Lipinski definition) is 0. The number of quaternary nitrogens is 1. The molecule has 1 aromatic carbocycles. The molecule has 0 amide bonds. The number of nitrogens with zero attached hydrogens (tertiary/aromatic N) is 1. The van der Waals surface area contributed by atoms with E-state index in [0.29, 0.717) is 5.56 Å². The van der Waals surface area contributed by atoms with Crippen LogP contribution < -0.4 is 0 Å². The van der Waals surface area contributed by atoms with Gasteiger partial charge in [-0.05, 0) is 5.56 Å². The van der Waals surface area contributed by atoms with Gasteiger partial charge in [-0.1, -0.05) is 30.3 Å². The fourth-order valence-electron chi connectivity index (χ4n) is 0.778. The van der Waals surface area contributed by atoms with Crippen LogP contribution >= 0.6 is 0 Å². The van der Waals surface area contributed by atoms with Crippen LogP contribution in [0, 0.1) is 0 Å². The second-order valence-corrected chi connectivity index (χ2v) is 6.27. The Labute approximate surface area is 97.9 Å². The second kappa shape index (κ2) is 5.98. The van der Waals surface area contributed by atoms with Crippen LogP contribution in [-0.2, 0) is 15.9 Å². The highest BCUT2D eigenvalue weighted by Gasteiger charge is 1.95. The summed E-state index contributed by atoms with van der Waals surface area (Å²) in [5, 5.41) is 0.